The highest BCUT2D eigenvalue weighted by atomic mass is 35.5. The molecule has 0 spiro atoms. The summed E-state index contributed by atoms with van der Waals surface area (Å²) in [7, 11) is -3.72. The minimum absolute atomic E-state index is 0. The molecule has 2 aromatic rings. The molecular weight excluding hydrogens is 356 g/mol. The fraction of sp³-hybridized carbons (Fsp3) is 0.429. The van der Waals surface area contributed by atoms with E-state index in [1.165, 1.54) is 18.2 Å². The van der Waals surface area contributed by atoms with E-state index in [9.17, 15) is 18.0 Å². The van der Waals surface area contributed by atoms with Crippen molar-refractivity contribution in [2.45, 2.75) is 36.7 Å². The lowest BCUT2D eigenvalue weighted by atomic mass is 10.0. The molecular formula is C14H19ClN4O4S. The first-order valence-corrected chi connectivity index (χ1v) is 8.85. The molecule has 0 bridgehead atoms. The Bertz CT molecular complexity index is 953. The SMILES string of the molecule is CC1CC(NS(=O)(=O)c2ccc3[nH]c(=O)[nH]c(=O)c3c2)CCN1.Cl. The Morgan fingerprint density at radius 2 is 1.96 bits per heavy atom. The Kier molecular flexibility index (Phi) is 5.49. The maximum atomic E-state index is 12.5. The van der Waals surface area contributed by atoms with Crippen LogP contribution in [0.1, 0.15) is 19.8 Å². The molecule has 10 heteroatoms. The highest BCUT2D eigenvalue weighted by Crippen LogP contribution is 2.17. The summed E-state index contributed by atoms with van der Waals surface area (Å²) in [5.41, 5.74) is -0.940. The average molecular weight is 375 g/mol. The molecule has 1 aliphatic heterocycles. The highest BCUT2D eigenvalue weighted by molar-refractivity contribution is 7.89. The van der Waals surface area contributed by atoms with Crippen LogP contribution >= 0.6 is 12.4 Å². The van der Waals surface area contributed by atoms with Crippen molar-refractivity contribution in [2.75, 3.05) is 6.54 Å². The standard InChI is InChI=1S/C14H18N4O4S.ClH/c1-8-6-9(4-5-15-8)18-23(21,22)10-2-3-12-11(7-10)13(19)17-14(20)16-12;/h2-3,7-9,15,18H,4-6H2,1H3,(H2,16,17,19,20);1H. The molecule has 2 heterocycles. The second kappa shape index (κ2) is 7.06. The van der Waals surface area contributed by atoms with Gasteiger partial charge in [-0.15, -0.1) is 12.4 Å². The van der Waals surface area contributed by atoms with Crippen LogP contribution in [-0.2, 0) is 10.0 Å². The van der Waals surface area contributed by atoms with Gasteiger partial charge in [-0.2, -0.15) is 0 Å². The molecule has 2 unspecified atom stereocenters. The van der Waals surface area contributed by atoms with Crippen LogP contribution in [0, 0.1) is 0 Å². The summed E-state index contributed by atoms with van der Waals surface area (Å²) < 4.78 is 27.7. The van der Waals surface area contributed by atoms with E-state index in [2.05, 4.69) is 20.0 Å². The van der Waals surface area contributed by atoms with Crippen molar-refractivity contribution in [1.82, 2.24) is 20.0 Å². The first-order chi connectivity index (χ1) is 10.8. The Morgan fingerprint density at radius 1 is 1.21 bits per heavy atom. The molecule has 1 aromatic carbocycles. The first-order valence-electron chi connectivity index (χ1n) is 7.37. The molecule has 3 rings (SSSR count). The summed E-state index contributed by atoms with van der Waals surface area (Å²) in [5.74, 6) is 0. The number of sulfonamides is 1. The normalized spacial score (nSPS) is 21.4. The van der Waals surface area contributed by atoms with E-state index in [1.54, 1.807) is 0 Å². The van der Waals surface area contributed by atoms with Crippen LogP contribution in [0.2, 0.25) is 0 Å². The molecule has 1 fully saturated rings. The van der Waals surface area contributed by atoms with E-state index in [0.29, 0.717) is 18.4 Å². The summed E-state index contributed by atoms with van der Waals surface area (Å²) in [4.78, 5) is 27.6. The van der Waals surface area contributed by atoms with E-state index in [1.807, 2.05) is 6.92 Å². The molecule has 0 amide bonds. The summed E-state index contributed by atoms with van der Waals surface area (Å²) in [6.45, 7) is 2.76. The smallest absolute Gasteiger partial charge is 0.314 e. The summed E-state index contributed by atoms with van der Waals surface area (Å²) in [5, 5.41) is 3.39. The number of hydrogen-bond donors (Lipinski definition) is 4. The highest BCUT2D eigenvalue weighted by Gasteiger charge is 2.24. The minimum Gasteiger partial charge on any atom is -0.314 e. The molecule has 0 saturated carbocycles. The number of aromatic nitrogens is 2. The van der Waals surface area contributed by atoms with E-state index < -0.39 is 21.3 Å². The number of aromatic amines is 2. The maximum Gasteiger partial charge on any atom is 0.326 e. The van der Waals surface area contributed by atoms with Gasteiger partial charge >= 0.3 is 5.69 Å². The number of benzene rings is 1. The Morgan fingerprint density at radius 3 is 2.67 bits per heavy atom. The van der Waals surface area contributed by atoms with Gasteiger partial charge in [-0.05, 0) is 44.5 Å². The van der Waals surface area contributed by atoms with Gasteiger partial charge in [0.05, 0.1) is 15.8 Å². The molecule has 2 atom stereocenters. The topological polar surface area (TPSA) is 124 Å². The zero-order valence-electron chi connectivity index (χ0n) is 13.0. The van der Waals surface area contributed by atoms with Crippen molar-refractivity contribution in [3.8, 4) is 0 Å². The molecule has 8 nitrogen and oxygen atoms in total. The number of H-pyrrole nitrogens is 2. The Balaban J connectivity index is 0.00000208. The van der Waals surface area contributed by atoms with Crippen LogP contribution in [0.25, 0.3) is 10.9 Å². The molecule has 1 aliphatic rings. The van der Waals surface area contributed by atoms with E-state index in [-0.39, 0.29) is 34.8 Å². The van der Waals surface area contributed by atoms with Gasteiger partial charge in [0.15, 0.2) is 0 Å². The van der Waals surface area contributed by atoms with Gasteiger partial charge in [0, 0.05) is 12.1 Å². The van der Waals surface area contributed by atoms with E-state index in [4.69, 9.17) is 0 Å². The van der Waals surface area contributed by atoms with Crippen molar-refractivity contribution in [3.05, 3.63) is 39.0 Å². The maximum absolute atomic E-state index is 12.5. The Labute approximate surface area is 144 Å². The van der Waals surface area contributed by atoms with Crippen LogP contribution < -0.4 is 21.3 Å². The van der Waals surface area contributed by atoms with Gasteiger partial charge in [0.25, 0.3) is 5.56 Å². The number of fused-ring (bicyclic) bond motifs is 1. The lowest BCUT2D eigenvalue weighted by molar-refractivity contribution is 0.361. The molecule has 0 radical (unpaired) electrons. The van der Waals surface area contributed by atoms with Crippen LogP contribution in [0.15, 0.2) is 32.7 Å². The lowest BCUT2D eigenvalue weighted by Gasteiger charge is -2.28. The van der Waals surface area contributed by atoms with Crippen LogP contribution in [0.5, 0.6) is 0 Å². The monoisotopic (exact) mass is 374 g/mol. The van der Waals surface area contributed by atoms with Gasteiger partial charge in [-0.1, -0.05) is 0 Å². The van der Waals surface area contributed by atoms with Crippen LogP contribution in [-0.4, -0.2) is 37.0 Å². The Hall–Kier alpha value is -1.68. The van der Waals surface area contributed by atoms with Gasteiger partial charge in [0.2, 0.25) is 10.0 Å². The predicted octanol–water partition coefficient (Wildman–Crippen LogP) is 0.0570. The average Bonchev–Trinajstić information content (AvgIpc) is 2.46. The van der Waals surface area contributed by atoms with Crippen LogP contribution in [0.3, 0.4) is 0 Å². The van der Waals surface area contributed by atoms with Crippen LogP contribution in [0.4, 0.5) is 0 Å². The third-order valence-electron chi connectivity index (χ3n) is 3.97. The summed E-state index contributed by atoms with van der Waals surface area (Å²) in [6, 6.07) is 4.19. The number of nitrogens with one attached hydrogen (secondary N) is 4. The second-order valence-corrected chi connectivity index (χ2v) is 7.53. The van der Waals surface area contributed by atoms with Crippen molar-refractivity contribution in [2.24, 2.45) is 0 Å². The van der Waals surface area contributed by atoms with Crippen molar-refractivity contribution in [3.63, 3.8) is 0 Å². The summed E-state index contributed by atoms with van der Waals surface area (Å²) >= 11 is 0. The molecule has 24 heavy (non-hydrogen) atoms. The fourth-order valence-corrected chi connectivity index (χ4v) is 4.15. The number of piperidine rings is 1. The van der Waals surface area contributed by atoms with Gasteiger partial charge in [-0.25, -0.2) is 17.9 Å². The number of hydrogen-bond acceptors (Lipinski definition) is 5. The van der Waals surface area contributed by atoms with Crippen molar-refractivity contribution in [1.29, 1.82) is 0 Å². The third kappa shape index (κ3) is 3.86. The molecule has 4 N–H and O–H groups in total. The number of rotatable bonds is 3. The minimum atomic E-state index is -3.72. The first kappa shape index (κ1) is 18.7. The second-order valence-electron chi connectivity index (χ2n) is 5.81. The zero-order chi connectivity index (χ0) is 16.6. The van der Waals surface area contributed by atoms with Gasteiger partial charge < -0.3 is 10.3 Å². The van der Waals surface area contributed by atoms with Crippen molar-refractivity contribution >= 4 is 33.3 Å². The third-order valence-corrected chi connectivity index (χ3v) is 5.48. The van der Waals surface area contributed by atoms with Gasteiger partial charge in [0.1, 0.15) is 0 Å². The summed E-state index contributed by atoms with van der Waals surface area (Å²) in [6.07, 6.45) is 1.42. The lowest BCUT2D eigenvalue weighted by Crippen LogP contribution is -2.46. The molecule has 0 aliphatic carbocycles. The quantitative estimate of drug-likeness (QED) is 0.604. The van der Waals surface area contributed by atoms with Crippen molar-refractivity contribution < 1.29 is 8.42 Å². The predicted molar refractivity (Wildman–Crippen MR) is 93.2 cm³/mol. The largest absolute Gasteiger partial charge is 0.326 e. The van der Waals surface area contributed by atoms with E-state index >= 15 is 0 Å². The molecule has 132 valence electrons. The number of halogens is 1. The van der Waals surface area contributed by atoms with E-state index in [0.717, 1.165) is 6.54 Å². The molecule has 1 saturated heterocycles. The fourth-order valence-electron chi connectivity index (χ4n) is 2.84. The van der Waals surface area contributed by atoms with Gasteiger partial charge in [-0.3, -0.25) is 9.78 Å². The molecule has 1 aromatic heterocycles. The zero-order valence-corrected chi connectivity index (χ0v) is 14.6.